The van der Waals surface area contributed by atoms with Crippen LogP contribution < -0.4 is 9.80 Å². The fourth-order valence-electron chi connectivity index (χ4n) is 22.7. The largest absolute Gasteiger partial charge is 0.310 e. The van der Waals surface area contributed by atoms with Gasteiger partial charge in [-0.15, -0.1) is 0 Å². The van der Waals surface area contributed by atoms with Crippen molar-refractivity contribution < 1.29 is 0 Å². The molecule has 20 aromatic rings. The van der Waals surface area contributed by atoms with Crippen LogP contribution in [0.5, 0.6) is 0 Å². The summed E-state index contributed by atoms with van der Waals surface area (Å²) in [6, 6.07) is 146. The molecule has 0 aromatic heterocycles. The molecule has 2 heteroatoms. The van der Waals surface area contributed by atoms with E-state index >= 15 is 0 Å². The average Bonchev–Trinajstić information content (AvgIpc) is 1.64. The van der Waals surface area contributed by atoms with E-state index in [2.05, 4.69) is 454 Å². The highest BCUT2D eigenvalue weighted by Crippen LogP contribution is 2.59. The molecule has 0 N–H and O–H groups in total. The van der Waals surface area contributed by atoms with Crippen molar-refractivity contribution in [3.8, 4) is 100 Å². The lowest BCUT2D eigenvalue weighted by atomic mass is 9.81. The predicted octanol–water partition coefficient (Wildman–Crippen LogP) is 33.4. The number of benzene rings is 20. The van der Waals surface area contributed by atoms with Crippen LogP contribution in [0.3, 0.4) is 0 Å². The van der Waals surface area contributed by atoms with Crippen LogP contribution >= 0.6 is 0 Å². The lowest BCUT2D eigenvalue weighted by molar-refractivity contribution is 0.659. The molecule has 123 heavy (non-hydrogen) atoms. The third kappa shape index (κ3) is 10.8. The van der Waals surface area contributed by atoms with Gasteiger partial charge in [0.05, 0.1) is 11.4 Å². The van der Waals surface area contributed by atoms with Crippen LogP contribution in [0.2, 0.25) is 0 Å². The van der Waals surface area contributed by atoms with Crippen LogP contribution in [-0.4, -0.2) is 0 Å². The van der Waals surface area contributed by atoms with Crippen molar-refractivity contribution in [2.24, 2.45) is 0 Å². The molecular weight excluding hydrogens is 1480 g/mol. The van der Waals surface area contributed by atoms with Crippen LogP contribution in [0.1, 0.15) is 105 Å². The Bertz CT molecular complexity index is 7850. The van der Waals surface area contributed by atoms with Gasteiger partial charge in [-0.2, -0.15) is 0 Å². The zero-order valence-electron chi connectivity index (χ0n) is 70.8. The maximum atomic E-state index is 2.62. The standard InChI is InChI=1S/C121H90N2/c1-73-62-81(103-66-78-30-12-16-36-88(78)90-38-18-19-39-93(90)103)68-107(92-44-27-33-75-29-11-15-35-87(75)92)117(73)123(84-53-58-100-97-42-22-25-47-110(97)120(6,7)114(100)71-84)85-54-59-101-105-64-77(49-60-111(105)121(8,9)115(101)72-85)76-48-55-94-102(65-79-31-13-17-37-89(79)104(94)63-76)80-50-61-116(106(67-80)91-43-26-32-74-28-10-14-34-86(74)91)122(82-51-56-98-95-40-20-23-45-108(95)118(2,3)112(98)69-82)83-52-57-99-96-41-21-24-46-109(96)119(4,5)113(99)70-83/h10-72H,1-9H3. The lowest BCUT2D eigenvalue weighted by Gasteiger charge is -2.33. The van der Waals surface area contributed by atoms with E-state index < -0.39 is 0 Å². The number of nitrogens with zero attached hydrogens (tertiary/aromatic N) is 2. The third-order valence-electron chi connectivity index (χ3n) is 28.9. The molecule has 0 amide bonds. The zero-order chi connectivity index (χ0) is 82.7. The number of rotatable bonds is 11. The normalized spacial score (nSPS) is 14.3. The van der Waals surface area contributed by atoms with E-state index in [1.807, 2.05) is 0 Å². The first-order valence-electron chi connectivity index (χ1n) is 43.7. The van der Waals surface area contributed by atoms with Gasteiger partial charge < -0.3 is 9.80 Å². The van der Waals surface area contributed by atoms with Gasteiger partial charge in [-0.05, 0) is 308 Å². The molecule has 0 aliphatic heterocycles. The number of anilines is 6. The Kier molecular flexibility index (Phi) is 15.8. The van der Waals surface area contributed by atoms with Gasteiger partial charge in [-0.25, -0.2) is 0 Å². The van der Waals surface area contributed by atoms with E-state index in [1.54, 1.807) is 0 Å². The highest BCUT2D eigenvalue weighted by Gasteiger charge is 2.42. The zero-order valence-corrected chi connectivity index (χ0v) is 70.8. The second-order valence-corrected chi connectivity index (χ2v) is 37.1. The highest BCUT2D eigenvalue weighted by atomic mass is 15.2. The Hall–Kier alpha value is -14.4. The monoisotopic (exact) mass is 1570 g/mol. The number of hydrogen-bond acceptors (Lipinski definition) is 2. The minimum atomic E-state index is -0.345. The maximum absolute atomic E-state index is 2.62. The highest BCUT2D eigenvalue weighted by molar-refractivity contribution is 6.17. The Morgan fingerprint density at radius 3 is 1.03 bits per heavy atom. The molecule has 584 valence electrons. The predicted molar refractivity (Wildman–Crippen MR) is 523 cm³/mol. The van der Waals surface area contributed by atoms with Crippen molar-refractivity contribution in [1.82, 2.24) is 0 Å². The molecule has 0 radical (unpaired) electrons. The summed E-state index contributed by atoms with van der Waals surface area (Å²) in [7, 11) is 0. The topological polar surface area (TPSA) is 6.48 Å². The van der Waals surface area contributed by atoms with Crippen LogP contribution in [0, 0.1) is 6.92 Å². The minimum Gasteiger partial charge on any atom is -0.310 e. The second-order valence-electron chi connectivity index (χ2n) is 37.1. The fraction of sp³-hybridized carbons (Fsp3) is 0.107. The molecule has 0 unspecified atom stereocenters. The van der Waals surface area contributed by atoms with Crippen LogP contribution in [0.15, 0.2) is 382 Å². The molecule has 0 atom stereocenters. The van der Waals surface area contributed by atoms with E-state index in [0.717, 1.165) is 45.3 Å². The minimum absolute atomic E-state index is 0.208. The Morgan fingerprint density at radius 2 is 0.512 bits per heavy atom. The summed E-state index contributed by atoms with van der Waals surface area (Å²) in [5, 5.41) is 14.7. The molecule has 4 aliphatic carbocycles. The molecule has 0 bridgehead atoms. The summed E-state index contributed by atoms with van der Waals surface area (Å²) in [5.74, 6) is 0. The summed E-state index contributed by atoms with van der Waals surface area (Å²) in [6.07, 6.45) is 0. The first-order chi connectivity index (χ1) is 59.9. The Balaban J connectivity index is 0.659. The SMILES string of the molecule is Cc1cc(-c2cc3ccccc3c3ccccc23)cc(-c2cccc3ccccc23)c1N(c1ccc2c(c1)C(C)(C)c1ccccc1-2)c1ccc2c(c1)C(C)(C)c1ccc(-c3ccc4c(-c5ccc(N(c6ccc7c(c6)C(C)(C)c6ccccc6-7)c6ccc7c(c6)C(C)(C)c6ccccc6-7)c(-c6cccc7ccccc67)c5)cc5ccccc5c4c3)cc1-2. The smallest absolute Gasteiger partial charge is 0.0569 e. The molecular formula is C121H90N2. The molecule has 0 spiro atoms. The van der Waals surface area contributed by atoms with Crippen molar-refractivity contribution in [2.75, 3.05) is 9.80 Å². The Morgan fingerprint density at radius 1 is 0.171 bits per heavy atom. The summed E-state index contributed by atoms with van der Waals surface area (Å²) in [6.45, 7) is 21.6. The number of fused-ring (bicyclic) bond motifs is 20. The van der Waals surface area contributed by atoms with Crippen LogP contribution in [0.25, 0.3) is 165 Å². The Labute approximate surface area is 720 Å². The second kappa shape index (κ2) is 26.8. The van der Waals surface area contributed by atoms with E-state index in [1.165, 1.54) is 204 Å². The van der Waals surface area contributed by atoms with Gasteiger partial charge in [-0.3, -0.25) is 0 Å². The third-order valence-corrected chi connectivity index (χ3v) is 28.9. The van der Waals surface area contributed by atoms with Gasteiger partial charge in [-0.1, -0.05) is 341 Å². The molecule has 2 nitrogen and oxygen atoms in total. The average molecular weight is 1570 g/mol. The van der Waals surface area contributed by atoms with Crippen molar-refractivity contribution in [2.45, 2.75) is 84.0 Å². The van der Waals surface area contributed by atoms with Gasteiger partial charge >= 0.3 is 0 Å². The first-order valence-corrected chi connectivity index (χ1v) is 43.7. The van der Waals surface area contributed by atoms with Gasteiger partial charge in [0, 0.05) is 55.5 Å². The van der Waals surface area contributed by atoms with E-state index in [4.69, 9.17) is 0 Å². The summed E-state index contributed by atoms with van der Waals surface area (Å²) in [4.78, 5) is 5.19. The molecule has 20 aromatic carbocycles. The summed E-state index contributed by atoms with van der Waals surface area (Å²) in [5.41, 5.74) is 40.0. The number of hydrogen-bond donors (Lipinski definition) is 0. The molecule has 24 rings (SSSR count). The number of aryl methyl sites for hydroxylation is 1. The lowest BCUT2D eigenvalue weighted by Crippen LogP contribution is -2.18. The maximum Gasteiger partial charge on any atom is 0.0569 e. The van der Waals surface area contributed by atoms with Gasteiger partial charge in [0.1, 0.15) is 0 Å². The van der Waals surface area contributed by atoms with Crippen molar-refractivity contribution in [1.29, 1.82) is 0 Å². The quantitative estimate of drug-likeness (QED) is 0.119. The molecule has 0 saturated carbocycles. The molecule has 0 saturated heterocycles. The van der Waals surface area contributed by atoms with Crippen molar-refractivity contribution in [3.05, 3.63) is 432 Å². The summed E-state index contributed by atoms with van der Waals surface area (Å²) >= 11 is 0. The van der Waals surface area contributed by atoms with Gasteiger partial charge in [0.25, 0.3) is 0 Å². The summed E-state index contributed by atoms with van der Waals surface area (Å²) < 4.78 is 0. The molecule has 0 fully saturated rings. The van der Waals surface area contributed by atoms with Crippen molar-refractivity contribution >= 4 is 98.8 Å². The van der Waals surface area contributed by atoms with Crippen molar-refractivity contribution in [3.63, 3.8) is 0 Å². The van der Waals surface area contributed by atoms with Crippen LogP contribution in [0.4, 0.5) is 34.1 Å². The van der Waals surface area contributed by atoms with Gasteiger partial charge in [0.15, 0.2) is 0 Å². The van der Waals surface area contributed by atoms with E-state index in [-0.39, 0.29) is 21.7 Å². The van der Waals surface area contributed by atoms with Gasteiger partial charge in [0.2, 0.25) is 0 Å². The molecule has 0 heterocycles. The van der Waals surface area contributed by atoms with E-state index in [9.17, 15) is 0 Å². The first kappa shape index (κ1) is 72.6. The van der Waals surface area contributed by atoms with E-state index in [0.29, 0.717) is 0 Å². The van der Waals surface area contributed by atoms with Crippen LogP contribution in [-0.2, 0) is 21.7 Å². The molecule has 4 aliphatic rings. The fourth-order valence-corrected chi connectivity index (χ4v) is 22.7.